The van der Waals surface area contributed by atoms with E-state index in [4.69, 9.17) is 9.47 Å². The summed E-state index contributed by atoms with van der Waals surface area (Å²) in [4.78, 5) is 14.8. The summed E-state index contributed by atoms with van der Waals surface area (Å²) in [5.41, 5.74) is 2.04. The number of hydrogen-bond acceptors (Lipinski definition) is 3. The largest absolute Gasteiger partial charge is 0.454 e. The van der Waals surface area contributed by atoms with E-state index in [1.54, 1.807) is 0 Å². The Hall–Kier alpha value is -2.56. The maximum Gasteiger partial charge on any atom is 0.231 e. The van der Waals surface area contributed by atoms with Crippen molar-refractivity contribution in [1.82, 2.24) is 4.90 Å². The van der Waals surface area contributed by atoms with Gasteiger partial charge in [0.25, 0.3) is 0 Å². The van der Waals surface area contributed by atoms with Crippen LogP contribution in [0.25, 0.3) is 0 Å². The van der Waals surface area contributed by atoms with Crippen molar-refractivity contribution in [3.05, 3.63) is 59.4 Å². The first kappa shape index (κ1) is 16.9. The van der Waals surface area contributed by atoms with Crippen LogP contribution >= 0.6 is 0 Å². The fourth-order valence-electron chi connectivity index (χ4n) is 3.71. The standard InChI is InChI=1S/C21H22FNO3/c22-18-7-5-16(6-8-18)17-3-1-2-10-23(13-17)21(24)12-15-4-9-19-20(11-15)26-14-25-19/h4-9,11,17H,1-3,10,12-14H2/t17-/m0/s1. The zero-order chi connectivity index (χ0) is 17.9. The minimum Gasteiger partial charge on any atom is -0.454 e. The number of carbonyl (C=O) groups is 1. The molecule has 0 radical (unpaired) electrons. The lowest BCUT2D eigenvalue weighted by Gasteiger charge is -2.25. The van der Waals surface area contributed by atoms with Crippen LogP contribution in [0.15, 0.2) is 42.5 Å². The normalized spacial score (nSPS) is 19.3. The van der Waals surface area contributed by atoms with E-state index in [2.05, 4.69) is 0 Å². The highest BCUT2D eigenvalue weighted by molar-refractivity contribution is 5.79. The number of hydrogen-bond donors (Lipinski definition) is 0. The van der Waals surface area contributed by atoms with E-state index in [0.29, 0.717) is 18.7 Å². The first-order valence-corrected chi connectivity index (χ1v) is 9.11. The molecule has 0 aliphatic carbocycles. The van der Waals surface area contributed by atoms with Gasteiger partial charge in [-0.3, -0.25) is 4.79 Å². The summed E-state index contributed by atoms with van der Waals surface area (Å²) < 4.78 is 23.9. The molecule has 1 saturated heterocycles. The fourth-order valence-corrected chi connectivity index (χ4v) is 3.71. The molecule has 26 heavy (non-hydrogen) atoms. The zero-order valence-corrected chi connectivity index (χ0v) is 14.6. The van der Waals surface area contributed by atoms with E-state index in [1.165, 1.54) is 12.1 Å². The number of carbonyl (C=O) groups excluding carboxylic acids is 1. The molecular weight excluding hydrogens is 333 g/mol. The van der Waals surface area contributed by atoms with Crippen LogP contribution in [0.2, 0.25) is 0 Å². The van der Waals surface area contributed by atoms with Crippen LogP contribution in [-0.4, -0.2) is 30.7 Å². The van der Waals surface area contributed by atoms with Gasteiger partial charge in [-0.2, -0.15) is 0 Å². The molecule has 0 unspecified atom stereocenters. The molecule has 4 rings (SSSR count). The van der Waals surface area contributed by atoms with Gasteiger partial charge in [0, 0.05) is 19.0 Å². The van der Waals surface area contributed by atoms with Crippen LogP contribution in [0.3, 0.4) is 0 Å². The van der Waals surface area contributed by atoms with Crippen molar-refractivity contribution in [3.8, 4) is 11.5 Å². The van der Waals surface area contributed by atoms with Crippen molar-refractivity contribution in [2.24, 2.45) is 0 Å². The van der Waals surface area contributed by atoms with Crippen LogP contribution in [0, 0.1) is 5.82 Å². The number of benzene rings is 2. The average molecular weight is 355 g/mol. The lowest BCUT2D eigenvalue weighted by Crippen LogP contribution is -2.35. The molecule has 2 aromatic rings. The van der Waals surface area contributed by atoms with Crippen molar-refractivity contribution in [2.45, 2.75) is 31.6 Å². The Morgan fingerprint density at radius 1 is 1.08 bits per heavy atom. The topological polar surface area (TPSA) is 38.8 Å². The monoisotopic (exact) mass is 355 g/mol. The molecule has 1 atom stereocenters. The van der Waals surface area contributed by atoms with Gasteiger partial charge in [0.2, 0.25) is 12.7 Å². The summed E-state index contributed by atoms with van der Waals surface area (Å²) in [5, 5.41) is 0. The van der Waals surface area contributed by atoms with Gasteiger partial charge >= 0.3 is 0 Å². The number of amides is 1. The minimum absolute atomic E-state index is 0.123. The van der Waals surface area contributed by atoms with Crippen LogP contribution in [0.1, 0.15) is 36.3 Å². The van der Waals surface area contributed by atoms with Gasteiger partial charge in [0.15, 0.2) is 11.5 Å². The van der Waals surface area contributed by atoms with Gasteiger partial charge in [0.05, 0.1) is 6.42 Å². The molecule has 1 fully saturated rings. The highest BCUT2D eigenvalue weighted by Crippen LogP contribution is 2.33. The van der Waals surface area contributed by atoms with Crippen molar-refractivity contribution in [2.75, 3.05) is 19.9 Å². The molecule has 5 heteroatoms. The predicted octanol–water partition coefficient (Wildman–Crippen LogP) is 3.89. The number of halogens is 1. The van der Waals surface area contributed by atoms with Crippen molar-refractivity contribution in [3.63, 3.8) is 0 Å². The number of nitrogens with zero attached hydrogens (tertiary/aromatic N) is 1. The maximum absolute atomic E-state index is 13.2. The zero-order valence-electron chi connectivity index (χ0n) is 14.6. The van der Waals surface area contributed by atoms with Crippen LogP contribution in [0.4, 0.5) is 4.39 Å². The summed E-state index contributed by atoms with van der Waals surface area (Å²) in [6.07, 6.45) is 3.46. The maximum atomic E-state index is 13.2. The van der Waals surface area contributed by atoms with Gasteiger partial charge in [-0.05, 0) is 48.2 Å². The number of rotatable bonds is 3. The van der Waals surface area contributed by atoms with E-state index in [1.807, 2.05) is 35.2 Å². The first-order chi connectivity index (χ1) is 12.7. The van der Waals surface area contributed by atoms with E-state index >= 15 is 0 Å². The van der Waals surface area contributed by atoms with E-state index in [-0.39, 0.29) is 24.4 Å². The minimum atomic E-state index is -0.224. The highest BCUT2D eigenvalue weighted by atomic mass is 19.1. The van der Waals surface area contributed by atoms with Gasteiger partial charge in [0.1, 0.15) is 5.82 Å². The molecule has 0 spiro atoms. The summed E-state index contributed by atoms with van der Waals surface area (Å²) in [5.74, 6) is 1.59. The van der Waals surface area contributed by atoms with Gasteiger partial charge in [-0.1, -0.05) is 24.6 Å². The molecule has 1 amide bonds. The predicted molar refractivity (Wildman–Crippen MR) is 95.8 cm³/mol. The smallest absolute Gasteiger partial charge is 0.231 e. The van der Waals surface area contributed by atoms with Crippen LogP contribution < -0.4 is 9.47 Å². The molecule has 0 N–H and O–H groups in total. The second-order valence-corrected chi connectivity index (χ2v) is 6.95. The van der Waals surface area contributed by atoms with Crippen molar-refractivity contribution < 1.29 is 18.7 Å². The molecule has 0 bridgehead atoms. The second kappa shape index (κ2) is 7.36. The van der Waals surface area contributed by atoms with Crippen molar-refractivity contribution >= 4 is 5.91 Å². The molecule has 2 aliphatic rings. The Bertz CT molecular complexity index is 790. The van der Waals surface area contributed by atoms with Gasteiger partial charge < -0.3 is 14.4 Å². The molecule has 4 nitrogen and oxygen atoms in total. The van der Waals surface area contributed by atoms with Crippen LogP contribution in [0.5, 0.6) is 11.5 Å². The Morgan fingerprint density at radius 3 is 2.73 bits per heavy atom. The highest BCUT2D eigenvalue weighted by Gasteiger charge is 2.24. The molecule has 2 aliphatic heterocycles. The Labute approximate surface area is 152 Å². The SMILES string of the molecule is O=C(Cc1ccc2c(c1)OCO2)N1CCCC[C@H](c2ccc(F)cc2)C1. The van der Waals surface area contributed by atoms with Crippen LogP contribution in [-0.2, 0) is 11.2 Å². The lowest BCUT2D eigenvalue weighted by atomic mass is 9.94. The van der Waals surface area contributed by atoms with Gasteiger partial charge in [-0.25, -0.2) is 4.39 Å². The third-order valence-corrected chi connectivity index (χ3v) is 5.16. The third-order valence-electron chi connectivity index (χ3n) is 5.16. The average Bonchev–Trinajstić information content (AvgIpc) is 2.97. The second-order valence-electron chi connectivity index (χ2n) is 6.95. The summed E-state index contributed by atoms with van der Waals surface area (Å²) in [6, 6.07) is 12.3. The molecule has 0 saturated carbocycles. The van der Waals surface area contributed by atoms with Gasteiger partial charge in [-0.15, -0.1) is 0 Å². The number of likely N-dealkylation sites (tertiary alicyclic amines) is 1. The van der Waals surface area contributed by atoms with Crippen molar-refractivity contribution in [1.29, 1.82) is 0 Å². The summed E-state index contributed by atoms with van der Waals surface area (Å²) in [7, 11) is 0. The third kappa shape index (κ3) is 3.66. The summed E-state index contributed by atoms with van der Waals surface area (Å²) in [6.45, 7) is 1.70. The molecule has 2 heterocycles. The number of fused-ring (bicyclic) bond motifs is 1. The van der Waals surface area contributed by atoms with E-state index in [9.17, 15) is 9.18 Å². The quantitative estimate of drug-likeness (QED) is 0.838. The number of ether oxygens (including phenoxy) is 2. The lowest BCUT2D eigenvalue weighted by molar-refractivity contribution is -0.130. The van der Waals surface area contributed by atoms with E-state index < -0.39 is 0 Å². The summed E-state index contributed by atoms with van der Waals surface area (Å²) >= 11 is 0. The molecule has 136 valence electrons. The molecular formula is C21H22FNO3. The Morgan fingerprint density at radius 2 is 1.88 bits per heavy atom. The van der Waals surface area contributed by atoms with E-state index in [0.717, 1.165) is 42.7 Å². The molecule has 2 aromatic carbocycles. The molecule has 0 aromatic heterocycles. The first-order valence-electron chi connectivity index (χ1n) is 9.11. The Balaban J connectivity index is 1.45. The Kier molecular flexibility index (Phi) is 4.78. The fraction of sp³-hybridized carbons (Fsp3) is 0.381.